The molecule has 1 aromatic rings. The van der Waals surface area contributed by atoms with Crippen molar-refractivity contribution in [3.05, 3.63) is 18.0 Å². The summed E-state index contributed by atoms with van der Waals surface area (Å²) in [5, 5.41) is 13.4. The number of carboxylic acids is 1. The Bertz CT molecular complexity index is 438. The van der Waals surface area contributed by atoms with E-state index < -0.39 is 5.97 Å². The van der Waals surface area contributed by atoms with Gasteiger partial charge < -0.3 is 5.11 Å². The standard InChI is InChI=1S/C14H24N4O2/c1-3-4-18-11-13(9-15-18)10-16-5-7-17(8-6-16)12(2)14(19)20/h9,11-12H,3-8,10H2,1-2H3,(H,19,20). The number of rotatable bonds is 6. The Morgan fingerprint density at radius 2 is 2.10 bits per heavy atom. The molecule has 0 amide bonds. The van der Waals surface area contributed by atoms with Crippen LogP contribution in [-0.2, 0) is 17.9 Å². The molecule has 1 saturated heterocycles. The van der Waals surface area contributed by atoms with Crippen LogP contribution in [0.4, 0.5) is 0 Å². The van der Waals surface area contributed by atoms with E-state index in [0.717, 1.165) is 45.7 Å². The van der Waals surface area contributed by atoms with Crippen molar-refractivity contribution >= 4 is 5.97 Å². The molecule has 0 radical (unpaired) electrons. The maximum absolute atomic E-state index is 11.0. The highest BCUT2D eigenvalue weighted by atomic mass is 16.4. The van der Waals surface area contributed by atoms with Gasteiger partial charge in [0.25, 0.3) is 0 Å². The van der Waals surface area contributed by atoms with Crippen molar-refractivity contribution in [1.82, 2.24) is 19.6 Å². The number of carboxylic acid groups (broad SMARTS) is 1. The number of aryl methyl sites for hydroxylation is 1. The third kappa shape index (κ3) is 3.80. The summed E-state index contributed by atoms with van der Waals surface area (Å²) >= 11 is 0. The molecule has 2 heterocycles. The Hall–Kier alpha value is -1.40. The number of hydrogen-bond acceptors (Lipinski definition) is 4. The van der Waals surface area contributed by atoms with E-state index in [2.05, 4.69) is 23.1 Å². The predicted molar refractivity (Wildman–Crippen MR) is 76.5 cm³/mol. The minimum atomic E-state index is -0.737. The van der Waals surface area contributed by atoms with Gasteiger partial charge in [0.05, 0.1) is 6.20 Å². The Morgan fingerprint density at radius 3 is 2.70 bits per heavy atom. The molecule has 112 valence electrons. The lowest BCUT2D eigenvalue weighted by molar-refractivity contribution is -0.143. The quantitative estimate of drug-likeness (QED) is 0.838. The van der Waals surface area contributed by atoms with Gasteiger partial charge in [-0.25, -0.2) is 0 Å². The van der Waals surface area contributed by atoms with Crippen molar-refractivity contribution in [2.24, 2.45) is 0 Å². The zero-order valence-electron chi connectivity index (χ0n) is 12.3. The largest absolute Gasteiger partial charge is 0.480 e. The molecule has 1 fully saturated rings. The van der Waals surface area contributed by atoms with Crippen molar-refractivity contribution in [3.8, 4) is 0 Å². The van der Waals surface area contributed by atoms with Crippen molar-refractivity contribution < 1.29 is 9.90 Å². The van der Waals surface area contributed by atoms with Crippen LogP contribution in [-0.4, -0.2) is 62.9 Å². The minimum Gasteiger partial charge on any atom is -0.480 e. The van der Waals surface area contributed by atoms with Crippen LogP contribution in [0, 0.1) is 0 Å². The molecule has 0 spiro atoms. The summed E-state index contributed by atoms with van der Waals surface area (Å²) in [6.45, 7) is 9.22. The second-order valence-corrected chi connectivity index (χ2v) is 5.44. The summed E-state index contributed by atoms with van der Waals surface area (Å²) in [5.74, 6) is -0.737. The van der Waals surface area contributed by atoms with Crippen molar-refractivity contribution in [1.29, 1.82) is 0 Å². The summed E-state index contributed by atoms with van der Waals surface area (Å²) in [7, 11) is 0. The SMILES string of the molecule is CCCn1cc(CN2CCN(C(C)C(=O)O)CC2)cn1. The summed E-state index contributed by atoms with van der Waals surface area (Å²) in [6.07, 6.45) is 5.13. The molecule has 1 unspecified atom stereocenters. The van der Waals surface area contributed by atoms with E-state index in [1.165, 1.54) is 5.56 Å². The number of nitrogens with zero attached hydrogens (tertiary/aromatic N) is 4. The molecular formula is C14H24N4O2. The summed E-state index contributed by atoms with van der Waals surface area (Å²) in [6, 6.07) is -0.385. The highest BCUT2D eigenvalue weighted by Gasteiger charge is 2.25. The molecule has 1 aromatic heterocycles. The fourth-order valence-corrected chi connectivity index (χ4v) is 2.56. The molecule has 0 saturated carbocycles. The normalized spacial score (nSPS) is 19.1. The van der Waals surface area contributed by atoms with Crippen LogP contribution in [0.5, 0.6) is 0 Å². The number of piperazine rings is 1. The summed E-state index contributed by atoms with van der Waals surface area (Å²) in [5.41, 5.74) is 1.23. The van der Waals surface area contributed by atoms with Crippen molar-refractivity contribution in [2.75, 3.05) is 26.2 Å². The highest BCUT2D eigenvalue weighted by Crippen LogP contribution is 2.10. The van der Waals surface area contributed by atoms with E-state index in [4.69, 9.17) is 5.11 Å². The van der Waals surface area contributed by atoms with Crippen LogP contribution in [0.15, 0.2) is 12.4 Å². The zero-order chi connectivity index (χ0) is 14.5. The van der Waals surface area contributed by atoms with Crippen LogP contribution in [0.1, 0.15) is 25.8 Å². The monoisotopic (exact) mass is 280 g/mol. The summed E-state index contributed by atoms with van der Waals surface area (Å²) < 4.78 is 1.98. The Labute approximate surface area is 120 Å². The average Bonchev–Trinajstić information content (AvgIpc) is 2.86. The first-order valence-electron chi connectivity index (χ1n) is 7.30. The third-order valence-corrected chi connectivity index (χ3v) is 3.86. The van der Waals surface area contributed by atoms with Gasteiger partial charge in [0.1, 0.15) is 6.04 Å². The lowest BCUT2D eigenvalue weighted by Crippen LogP contribution is -2.51. The van der Waals surface area contributed by atoms with Gasteiger partial charge >= 0.3 is 5.97 Å². The topological polar surface area (TPSA) is 61.6 Å². The second kappa shape index (κ2) is 6.85. The molecule has 6 heteroatoms. The number of aromatic nitrogens is 2. The average molecular weight is 280 g/mol. The van der Waals surface area contributed by atoms with E-state index >= 15 is 0 Å². The van der Waals surface area contributed by atoms with Gasteiger partial charge in [-0.3, -0.25) is 19.3 Å². The first kappa shape index (κ1) is 15.0. The molecule has 0 bridgehead atoms. The first-order chi connectivity index (χ1) is 9.60. The fourth-order valence-electron chi connectivity index (χ4n) is 2.56. The molecule has 1 N–H and O–H groups in total. The van der Waals surface area contributed by atoms with E-state index in [1.807, 2.05) is 15.8 Å². The molecule has 1 atom stereocenters. The maximum atomic E-state index is 11.0. The first-order valence-corrected chi connectivity index (χ1v) is 7.30. The molecule has 2 rings (SSSR count). The van der Waals surface area contributed by atoms with E-state index in [0.29, 0.717) is 0 Å². The van der Waals surface area contributed by atoms with Crippen LogP contribution < -0.4 is 0 Å². The molecule has 0 aliphatic carbocycles. The number of carbonyl (C=O) groups is 1. The molecule has 20 heavy (non-hydrogen) atoms. The van der Waals surface area contributed by atoms with Crippen LogP contribution in [0.25, 0.3) is 0 Å². The molecule has 0 aromatic carbocycles. The predicted octanol–water partition coefficient (Wildman–Crippen LogP) is 0.884. The highest BCUT2D eigenvalue weighted by molar-refractivity contribution is 5.72. The van der Waals surface area contributed by atoms with Crippen LogP contribution in [0.2, 0.25) is 0 Å². The van der Waals surface area contributed by atoms with Gasteiger partial charge in [-0.15, -0.1) is 0 Å². The fraction of sp³-hybridized carbons (Fsp3) is 0.714. The minimum absolute atomic E-state index is 0.385. The van der Waals surface area contributed by atoms with Gasteiger partial charge in [0.15, 0.2) is 0 Å². The Balaban J connectivity index is 1.80. The van der Waals surface area contributed by atoms with Crippen LogP contribution >= 0.6 is 0 Å². The lowest BCUT2D eigenvalue weighted by atomic mass is 10.2. The summed E-state index contributed by atoms with van der Waals surface area (Å²) in [4.78, 5) is 15.4. The maximum Gasteiger partial charge on any atom is 0.320 e. The Kier molecular flexibility index (Phi) is 5.14. The van der Waals surface area contributed by atoms with Crippen LogP contribution in [0.3, 0.4) is 0 Å². The van der Waals surface area contributed by atoms with Gasteiger partial charge in [-0.05, 0) is 13.3 Å². The van der Waals surface area contributed by atoms with Crippen molar-refractivity contribution in [2.45, 2.75) is 39.4 Å². The number of hydrogen-bond donors (Lipinski definition) is 1. The van der Waals surface area contributed by atoms with Gasteiger partial charge in [-0.1, -0.05) is 6.92 Å². The third-order valence-electron chi connectivity index (χ3n) is 3.86. The second-order valence-electron chi connectivity index (χ2n) is 5.44. The molecule has 1 aliphatic heterocycles. The smallest absolute Gasteiger partial charge is 0.320 e. The molecule has 1 aliphatic rings. The zero-order valence-corrected chi connectivity index (χ0v) is 12.3. The molecule has 6 nitrogen and oxygen atoms in total. The lowest BCUT2D eigenvalue weighted by Gasteiger charge is -2.36. The van der Waals surface area contributed by atoms with E-state index in [-0.39, 0.29) is 6.04 Å². The van der Waals surface area contributed by atoms with E-state index in [9.17, 15) is 4.79 Å². The van der Waals surface area contributed by atoms with Gasteiger partial charge in [-0.2, -0.15) is 5.10 Å². The Morgan fingerprint density at radius 1 is 1.40 bits per heavy atom. The molecular weight excluding hydrogens is 256 g/mol. The van der Waals surface area contributed by atoms with Gasteiger partial charge in [0.2, 0.25) is 0 Å². The number of aliphatic carboxylic acids is 1. The van der Waals surface area contributed by atoms with Gasteiger partial charge in [0, 0.05) is 51.0 Å². The van der Waals surface area contributed by atoms with E-state index in [1.54, 1.807) is 6.92 Å². The van der Waals surface area contributed by atoms with Crippen molar-refractivity contribution in [3.63, 3.8) is 0 Å².